The molecule has 2 bridgehead atoms. The second-order valence-corrected chi connectivity index (χ2v) is 10.3. The number of hydrogen-bond acceptors (Lipinski definition) is 3. The quantitative estimate of drug-likeness (QED) is 0.684. The highest BCUT2D eigenvalue weighted by molar-refractivity contribution is 6.05. The highest BCUT2D eigenvalue weighted by atomic mass is 16.5. The van der Waals surface area contributed by atoms with Crippen LogP contribution in [0.15, 0.2) is 60.3 Å². The number of fused-ring (bicyclic) bond motifs is 2. The number of nitrogens with one attached hydrogen (secondary N) is 1. The average molecular weight is 433 g/mol. The van der Waals surface area contributed by atoms with Crippen LogP contribution in [0.2, 0.25) is 0 Å². The Labute approximate surface area is 190 Å². The summed E-state index contributed by atoms with van der Waals surface area (Å²) in [6.07, 6.45) is 4.87. The normalized spacial score (nSPS) is 24.2. The zero-order valence-electron chi connectivity index (χ0n) is 19.4. The van der Waals surface area contributed by atoms with E-state index in [1.165, 1.54) is 0 Å². The van der Waals surface area contributed by atoms with E-state index in [9.17, 15) is 9.59 Å². The summed E-state index contributed by atoms with van der Waals surface area (Å²) in [5, 5.41) is 2.90. The Morgan fingerprint density at radius 2 is 1.72 bits per heavy atom. The maximum atomic E-state index is 13.8. The average Bonchev–Trinajstić information content (AvgIpc) is 3.02. The van der Waals surface area contributed by atoms with Gasteiger partial charge in [0.05, 0.1) is 7.11 Å². The summed E-state index contributed by atoms with van der Waals surface area (Å²) in [5.74, 6) is 0.343. The zero-order chi connectivity index (χ0) is 22.9. The number of likely N-dealkylation sites (tertiary alicyclic amines) is 1. The summed E-state index contributed by atoms with van der Waals surface area (Å²) in [6, 6.07) is 16.6. The Bertz CT molecular complexity index is 1030. The third kappa shape index (κ3) is 4.72. The highest BCUT2D eigenvalue weighted by Crippen LogP contribution is 2.52. The van der Waals surface area contributed by atoms with Gasteiger partial charge in [0.2, 0.25) is 0 Å². The molecule has 1 saturated heterocycles. The lowest BCUT2D eigenvalue weighted by Crippen LogP contribution is -2.42. The summed E-state index contributed by atoms with van der Waals surface area (Å²) in [5.41, 5.74) is 1.99. The number of carbonyl (C=O) groups is 2. The number of ether oxygens (including phenoxy) is 1. The van der Waals surface area contributed by atoms with Crippen LogP contribution in [-0.4, -0.2) is 36.4 Å². The highest BCUT2D eigenvalue weighted by Gasteiger charge is 2.51. The Kier molecular flexibility index (Phi) is 5.85. The van der Waals surface area contributed by atoms with Crippen molar-refractivity contribution in [1.29, 1.82) is 0 Å². The zero-order valence-corrected chi connectivity index (χ0v) is 19.4. The van der Waals surface area contributed by atoms with E-state index in [4.69, 9.17) is 4.74 Å². The van der Waals surface area contributed by atoms with Gasteiger partial charge in [0.15, 0.2) is 0 Å². The smallest absolute Gasteiger partial charge is 0.270 e. The number of nitrogens with zero attached hydrogens (tertiary/aromatic N) is 1. The van der Waals surface area contributed by atoms with Crippen molar-refractivity contribution in [3.05, 3.63) is 71.4 Å². The molecule has 1 saturated carbocycles. The van der Waals surface area contributed by atoms with Gasteiger partial charge >= 0.3 is 0 Å². The van der Waals surface area contributed by atoms with Crippen molar-refractivity contribution in [3.8, 4) is 5.75 Å². The Morgan fingerprint density at radius 1 is 1.03 bits per heavy atom. The topological polar surface area (TPSA) is 58.6 Å². The molecule has 2 amide bonds. The van der Waals surface area contributed by atoms with Crippen molar-refractivity contribution in [2.45, 2.75) is 46.1 Å². The molecule has 2 fully saturated rings. The third-order valence-corrected chi connectivity index (χ3v) is 6.62. The number of carbonyl (C=O) groups excluding carboxylic acids is 2. The molecule has 32 heavy (non-hydrogen) atoms. The lowest BCUT2D eigenvalue weighted by molar-refractivity contribution is -0.128. The van der Waals surface area contributed by atoms with Crippen LogP contribution >= 0.6 is 0 Å². The van der Waals surface area contributed by atoms with Crippen molar-refractivity contribution in [1.82, 2.24) is 10.2 Å². The van der Waals surface area contributed by atoms with E-state index >= 15 is 0 Å². The van der Waals surface area contributed by atoms with Crippen LogP contribution < -0.4 is 10.1 Å². The number of hydrogen-bond donors (Lipinski definition) is 1. The minimum Gasteiger partial charge on any atom is -0.497 e. The standard InChI is InChI=1S/C27H32N2O3/c1-26(2)15-21-16-27(3,17-26)18-29(21)25(31)23(14-19-10-12-22(32-4)13-11-19)28-24(30)20-8-6-5-7-9-20/h5-14,21H,15-18H2,1-4H3,(H,28,30)/b23-14+/t21-,27+/m0/s1. The summed E-state index contributed by atoms with van der Waals surface area (Å²) >= 11 is 0. The molecule has 0 unspecified atom stereocenters. The minimum atomic E-state index is -0.285. The van der Waals surface area contributed by atoms with Gasteiger partial charge in [0.25, 0.3) is 11.8 Å². The van der Waals surface area contributed by atoms with Gasteiger partial charge in [-0.1, -0.05) is 51.1 Å². The van der Waals surface area contributed by atoms with Crippen LogP contribution in [0, 0.1) is 10.8 Å². The third-order valence-electron chi connectivity index (χ3n) is 6.62. The van der Waals surface area contributed by atoms with Crippen molar-refractivity contribution >= 4 is 17.9 Å². The van der Waals surface area contributed by atoms with Gasteiger partial charge in [-0.05, 0) is 66.0 Å². The van der Waals surface area contributed by atoms with Crippen LogP contribution in [0.25, 0.3) is 6.08 Å². The molecule has 5 heteroatoms. The molecule has 0 spiro atoms. The fourth-order valence-corrected chi connectivity index (χ4v) is 5.65. The van der Waals surface area contributed by atoms with Crippen LogP contribution in [0.4, 0.5) is 0 Å². The predicted molar refractivity (Wildman–Crippen MR) is 126 cm³/mol. The molecular weight excluding hydrogens is 400 g/mol. The van der Waals surface area contributed by atoms with E-state index in [0.717, 1.165) is 37.1 Å². The Balaban J connectivity index is 1.64. The maximum Gasteiger partial charge on any atom is 0.270 e. The summed E-state index contributed by atoms with van der Waals surface area (Å²) in [4.78, 5) is 28.7. The number of benzene rings is 2. The van der Waals surface area contributed by atoms with E-state index in [-0.39, 0.29) is 28.7 Å². The molecule has 168 valence electrons. The first-order valence-electron chi connectivity index (χ1n) is 11.2. The molecule has 2 aromatic carbocycles. The van der Waals surface area contributed by atoms with Crippen LogP contribution in [0.3, 0.4) is 0 Å². The van der Waals surface area contributed by atoms with Crippen molar-refractivity contribution in [2.24, 2.45) is 10.8 Å². The monoisotopic (exact) mass is 432 g/mol. The molecular formula is C27H32N2O3. The maximum absolute atomic E-state index is 13.8. The first-order chi connectivity index (χ1) is 15.2. The van der Waals surface area contributed by atoms with Crippen LogP contribution in [-0.2, 0) is 4.79 Å². The SMILES string of the molecule is COc1ccc(/C=C(/NC(=O)c2ccccc2)C(=O)N2C[C@]3(C)C[C@@H]2CC(C)(C)C3)cc1. The van der Waals surface area contributed by atoms with Gasteiger partial charge in [-0.15, -0.1) is 0 Å². The van der Waals surface area contributed by atoms with E-state index in [1.807, 2.05) is 47.4 Å². The van der Waals surface area contributed by atoms with Crippen LogP contribution in [0.1, 0.15) is 56.0 Å². The molecule has 0 radical (unpaired) electrons. The molecule has 4 rings (SSSR count). The molecule has 1 aliphatic carbocycles. The fourth-order valence-electron chi connectivity index (χ4n) is 5.65. The predicted octanol–water partition coefficient (Wildman–Crippen LogP) is 4.89. The summed E-state index contributed by atoms with van der Waals surface area (Å²) < 4.78 is 5.24. The van der Waals surface area contributed by atoms with E-state index in [2.05, 4.69) is 26.1 Å². The molecule has 0 aromatic heterocycles. The van der Waals surface area contributed by atoms with Gasteiger partial charge in [0, 0.05) is 18.2 Å². The number of amides is 2. The largest absolute Gasteiger partial charge is 0.497 e. The lowest BCUT2D eigenvalue weighted by atomic mass is 9.65. The Morgan fingerprint density at radius 3 is 2.38 bits per heavy atom. The molecule has 2 aliphatic rings. The molecule has 5 nitrogen and oxygen atoms in total. The van der Waals surface area contributed by atoms with Gasteiger partial charge in [-0.3, -0.25) is 9.59 Å². The first kappa shape index (κ1) is 22.1. The number of methoxy groups -OCH3 is 1. The molecule has 2 aromatic rings. The van der Waals surface area contributed by atoms with Gasteiger partial charge in [-0.25, -0.2) is 0 Å². The minimum absolute atomic E-state index is 0.114. The van der Waals surface area contributed by atoms with Gasteiger partial charge in [-0.2, -0.15) is 0 Å². The van der Waals surface area contributed by atoms with E-state index < -0.39 is 0 Å². The Hall–Kier alpha value is -3.08. The molecule has 1 heterocycles. The second kappa shape index (κ2) is 8.45. The number of rotatable bonds is 5. The molecule has 1 N–H and O–H groups in total. The van der Waals surface area contributed by atoms with Crippen LogP contribution in [0.5, 0.6) is 5.75 Å². The van der Waals surface area contributed by atoms with Gasteiger partial charge in [0.1, 0.15) is 11.4 Å². The van der Waals surface area contributed by atoms with E-state index in [0.29, 0.717) is 11.3 Å². The summed E-state index contributed by atoms with van der Waals surface area (Å²) in [7, 11) is 1.62. The van der Waals surface area contributed by atoms with Crippen molar-refractivity contribution in [2.75, 3.05) is 13.7 Å². The first-order valence-corrected chi connectivity index (χ1v) is 11.2. The molecule has 1 aliphatic heterocycles. The second-order valence-electron chi connectivity index (χ2n) is 10.3. The molecule has 2 atom stereocenters. The van der Waals surface area contributed by atoms with E-state index in [1.54, 1.807) is 25.3 Å². The lowest BCUT2D eigenvalue weighted by Gasteiger charge is -2.39. The van der Waals surface area contributed by atoms with Crippen molar-refractivity contribution in [3.63, 3.8) is 0 Å². The summed E-state index contributed by atoms with van der Waals surface area (Å²) in [6.45, 7) is 7.58. The van der Waals surface area contributed by atoms with Gasteiger partial charge < -0.3 is 15.0 Å². The fraction of sp³-hybridized carbons (Fsp3) is 0.407. The van der Waals surface area contributed by atoms with Crippen molar-refractivity contribution < 1.29 is 14.3 Å².